The van der Waals surface area contributed by atoms with Gasteiger partial charge in [-0.05, 0) is 62.7 Å². The van der Waals surface area contributed by atoms with Crippen LogP contribution in [0.4, 0.5) is 0 Å². The highest BCUT2D eigenvalue weighted by Crippen LogP contribution is 2.39. The molecule has 0 unspecified atom stereocenters. The van der Waals surface area contributed by atoms with E-state index in [-0.39, 0.29) is 0 Å². The Morgan fingerprint density at radius 2 is 0.655 bits per heavy atom. The highest BCUT2D eigenvalue weighted by Gasteiger charge is 2.17. The molecule has 0 aliphatic rings. The van der Waals surface area contributed by atoms with Gasteiger partial charge in [-0.15, -0.1) is 0 Å². The van der Waals surface area contributed by atoms with E-state index in [9.17, 15) is 0 Å². The van der Waals surface area contributed by atoms with Crippen LogP contribution in [0.2, 0.25) is 0 Å². The maximum Gasteiger partial charge on any atom is 0.164 e. The topological polar surface area (TPSA) is 51.8 Å². The van der Waals surface area contributed by atoms with E-state index in [1.54, 1.807) is 0 Å². The molecule has 55 heavy (non-hydrogen) atoms. The van der Waals surface area contributed by atoms with Crippen LogP contribution >= 0.6 is 0 Å². The fourth-order valence-electron chi connectivity index (χ4n) is 7.33. The number of fused-ring (bicyclic) bond motifs is 3. The number of furan rings is 1. The van der Waals surface area contributed by atoms with E-state index in [0.717, 1.165) is 60.9 Å². The third-order valence-electron chi connectivity index (χ3n) is 10.2. The normalized spacial score (nSPS) is 11.3. The molecule has 2 aromatic heterocycles. The molecule has 0 amide bonds. The van der Waals surface area contributed by atoms with Crippen molar-refractivity contribution in [2.75, 3.05) is 0 Å². The molecule has 2 heterocycles. The summed E-state index contributed by atoms with van der Waals surface area (Å²) in [6, 6.07) is 69.4. The standard InChI is InChI=1S/C51H33N3O/c1-4-11-34(12-5-1)36-19-21-38(22-20-36)39-25-29-42(30-26-39)50-52-49(41-15-8-3-9-16-41)53-51(54-50)43-31-32-45-47(33-43)55-46-18-10-17-44(48(45)46)40-27-23-37(24-28-40)35-13-6-2-7-14-35/h1-33H. The summed E-state index contributed by atoms with van der Waals surface area (Å²) < 4.78 is 6.52. The Bertz CT molecular complexity index is 2920. The van der Waals surface area contributed by atoms with Gasteiger partial charge in [0.2, 0.25) is 0 Å². The molecular formula is C51H33N3O. The van der Waals surface area contributed by atoms with E-state index in [4.69, 9.17) is 19.4 Å². The van der Waals surface area contributed by atoms with Gasteiger partial charge < -0.3 is 4.42 Å². The van der Waals surface area contributed by atoms with E-state index in [2.05, 4.69) is 146 Å². The van der Waals surface area contributed by atoms with Crippen molar-refractivity contribution in [3.63, 3.8) is 0 Å². The maximum absolute atomic E-state index is 6.52. The quantitative estimate of drug-likeness (QED) is 0.166. The van der Waals surface area contributed by atoms with E-state index < -0.39 is 0 Å². The molecular weight excluding hydrogens is 671 g/mol. The van der Waals surface area contributed by atoms with Crippen molar-refractivity contribution in [3.05, 3.63) is 200 Å². The minimum Gasteiger partial charge on any atom is -0.456 e. The Hall–Kier alpha value is -7.43. The third kappa shape index (κ3) is 6.26. The molecule has 0 aliphatic heterocycles. The maximum atomic E-state index is 6.52. The van der Waals surface area contributed by atoms with Crippen LogP contribution in [0, 0.1) is 0 Å². The lowest BCUT2D eigenvalue weighted by Crippen LogP contribution is -2.00. The molecule has 4 nitrogen and oxygen atoms in total. The monoisotopic (exact) mass is 703 g/mol. The number of nitrogens with zero attached hydrogens (tertiary/aromatic N) is 3. The van der Waals surface area contributed by atoms with Crippen molar-refractivity contribution in [2.24, 2.45) is 0 Å². The van der Waals surface area contributed by atoms with Crippen LogP contribution in [-0.4, -0.2) is 15.0 Å². The van der Waals surface area contributed by atoms with Gasteiger partial charge in [-0.25, -0.2) is 15.0 Å². The lowest BCUT2D eigenvalue weighted by atomic mass is 9.96. The molecule has 0 N–H and O–H groups in total. The Balaban J connectivity index is 1.01. The fraction of sp³-hybridized carbons (Fsp3) is 0. The number of hydrogen-bond acceptors (Lipinski definition) is 4. The Morgan fingerprint density at radius 3 is 1.16 bits per heavy atom. The number of rotatable bonds is 7. The van der Waals surface area contributed by atoms with E-state index in [0.29, 0.717) is 17.5 Å². The second kappa shape index (κ2) is 13.8. The van der Waals surface area contributed by atoms with Crippen molar-refractivity contribution in [1.82, 2.24) is 15.0 Å². The SMILES string of the molecule is c1ccc(-c2ccc(-c3ccc(-c4nc(-c5ccccc5)nc(-c5ccc6c(c5)oc5cccc(-c7ccc(-c8ccccc8)cc7)c56)n4)cc3)cc2)cc1. The van der Waals surface area contributed by atoms with Crippen LogP contribution < -0.4 is 0 Å². The largest absolute Gasteiger partial charge is 0.456 e. The zero-order valence-electron chi connectivity index (χ0n) is 29.8. The smallest absolute Gasteiger partial charge is 0.164 e. The van der Waals surface area contributed by atoms with Gasteiger partial charge in [0.1, 0.15) is 11.2 Å². The first-order valence-electron chi connectivity index (χ1n) is 18.4. The zero-order valence-corrected chi connectivity index (χ0v) is 29.8. The molecule has 0 bridgehead atoms. The van der Waals surface area contributed by atoms with Gasteiger partial charge in [-0.3, -0.25) is 0 Å². The molecule has 0 radical (unpaired) electrons. The van der Waals surface area contributed by atoms with Crippen LogP contribution in [-0.2, 0) is 0 Å². The van der Waals surface area contributed by atoms with Crippen LogP contribution in [0.5, 0.6) is 0 Å². The summed E-state index contributed by atoms with van der Waals surface area (Å²) in [5.74, 6) is 1.82. The second-order valence-corrected chi connectivity index (χ2v) is 13.6. The number of aromatic nitrogens is 3. The summed E-state index contributed by atoms with van der Waals surface area (Å²) >= 11 is 0. The summed E-state index contributed by atoms with van der Waals surface area (Å²) in [6.45, 7) is 0. The molecule has 4 heteroatoms. The third-order valence-corrected chi connectivity index (χ3v) is 10.2. The molecule has 0 spiro atoms. The number of hydrogen-bond donors (Lipinski definition) is 0. The van der Waals surface area contributed by atoms with Crippen LogP contribution in [0.15, 0.2) is 205 Å². The van der Waals surface area contributed by atoms with Crippen molar-refractivity contribution in [1.29, 1.82) is 0 Å². The van der Waals surface area contributed by atoms with Crippen molar-refractivity contribution < 1.29 is 4.42 Å². The zero-order chi connectivity index (χ0) is 36.6. The van der Waals surface area contributed by atoms with Gasteiger partial charge in [0.15, 0.2) is 17.5 Å². The summed E-state index contributed by atoms with van der Waals surface area (Å²) in [5, 5.41) is 2.14. The average molecular weight is 704 g/mol. The molecule has 10 aromatic rings. The van der Waals surface area contributed by atoms with Crippen molar-refractivity contribution >= 4 is 21.9 Å². The van der Waals surface area contributed by atoms with Gasteiger partial charge >= 0.3 is 0 Å². The van der Waals surface area contributed by atoms with Gasteiger partial charge in [-0.2, -0.15) is 0 Å². The summed E-state index contributed by atoms with van der Waals surface area (Å²) in [7, 11) is 0. The molecule has 8 aromatic carbocycles. The van der Waals surface area contributed by atoms with Crippen molar-refractivity contribution in [2.45, 2.75) is 0 Å². The molecule has 0 saturated heterocycles. The van der Waals surface area contributed by atoms with E-state index in [1.165, 1.54) is 22.3 Å². The Kier molecular flexibility index (Phi) is 8.12. The predicted molar refractivity (Wildman–Crippen MR) is 225 cm³/mol. The van der Waals surface area contributed by atoms with Gasteiger partial charge in [0.05, 0.1) is 0 Å². The molecule has 0 fully saturated rings. The lowest BCUT2D eigenvalue weighted by molar-refractivity contribution is 0.669. The highest BCUT2D eigenvalue weighted by atomic mass is 16.3. The Labute approximate surface area is 319 Å². The van der Waals surface area contributed by atoms with Crippen LogP contribution in [0.3, 0.4) is 0 Å². The highest BCUT2D eigenvalue weighted by molar-refractivity contribution is 6.13. The minimum atomic E-state index is 0.587. The second-order valence-electron chi connectivity index (χ2n) is 13.6. The van der Waals surface area contributed by atoms with E-state index in [1.807, 2.05) is 54.6 Å². The lowest BCUT2D eigenvalue weighted by Gasteiger charge is -2.10. The minimum absolute atomic E-state index is 0.587. The molecule has 0 aliphatic carbocycles. The first-order valence-corrected chi connectivity index (χ1v) is 18.4. The Morgan fingerprint density at radius 1 is 0.273 bits per heavy atom. The van der Waals surface area contributed by atoms with Gasteiger partial charge in [0.25, 0.3) is 0 Å². The fourth-order valence-corrected chi connectivity index (χ4v) is 7.33. The molecule has 258 valence electrons. The summed E-state index contributed by atoms with van der Waals surface area (Å²) in [5.41, 5.74) is 13.7. The molecule has 0 saturated carbocycles. The molecule has 10 rings (SSSR count). The van der Waals surface area contributed by atoms with E-state index >= 15 is 0 Å². The van der Waals surface area contributed by atoms with Gasteiger partial charge in [0, 0.05) is 27.5 Å². The number of benzene rings is 8. The molecule has 0 atom stereocenters. The van der Waals surface area contributed by atoms with Crippen molar-refractivity contribution in [3.8, 4) is 78.7 Å². The average Bonchev–Trinajstić information content (AvgIpc) is 3.66. The first kappa shape index (κ1) is 32.2. The van der Waals surface area contributed by atoms with Crippen LogP contribution in [0.25, 0.3) is 101 Å². The first-order chi connectivity index (χ1) is 27.2. The summed E-state index contributed by atoms with van der Waals surface area (Å²) in [6.07, 6.45) is 0. The van der Waals surface area contributed by atoms with Gasteiger partial charge in [-0.1, -0.05) is 182 Å². The van der Waals surface area contributed by atoms with Crippen LogP contribution in [0.1, 0.15) is 0 Å². The predicted octanol–water partition coefficient (Wildman–Crippen LogP) is 13.4. The summed E-state index contributed by atoms with van der Waals surface area (Å²) in [4.78, 5) is 15.0.